The van der Waals surface area contributed by atoms with Gasteiger partial charge in [0.2, 0.25) is 11.8 Å². The molecule has 92 valence electrons. The molecule has 3 aromatic rings. The number of aromatic nitrogens is 5. The van der Waals surface area contributed by atoms with Crippen LogP contribution >= 0.6 is 11.6 Å². The van der Waals surface area contributed by atoms with E-state index in [0.29, 0.717) is 40.4 Å². The molecule has 0 amide bonds. The Balaban J connectivity index is 2.08. The number of nitrogens with two attached hydrogens (primary N) is 1. The van der Waals surface area contributed by atoms with Crippen molar-refractivity contribution in [3.05, 3.63) is 29.0 Å². The van der Waals surface area contributed by atoms with Crippen LogP contribution in [0.5, 0.6) is 0 Å². The molecule has 0 aromatic carbocycles. The van der Waals surface area contributed by atoms with Crippen LogP contribution in [0.4, 0.5) is 5.95 Å². The summed E-state index contributed by atoms with van der Waals surface area (Å²) in [6.07, 6.45) is 1.54. The predicted molar refractivity (Wildman–Crippen MR) is 65.1 cm³/mol. The highest BCUT2D eigenvalue weighted by Gasteiger charge is 2.13. The number of hydrogen-bond acceptors (Lipinski definition) is 6. The van der Waals surface area contributed by atoms with E-state index in [-0.39, 0.29) is 0 Å². The van der Waals surface area contributed by atoms with Gasteiger partial charge in [-0.25, -0.2) is 9.97 Å². The molecule has 3 heterocycles. The molecule has 7 nitrogen and oxygen atoms in total. The number of pyridine rings is 1. The Morgan fingerprint density at radius 3 is 3.00 bits per heavy atom. The first-order valence-corrected chi connectivity index (χ1v) is 5.58. The number of nitrogens with zero attached hydrogens (tertiary/aromatic N) is 5. The fraction of sp³-hybridized carbons (Fsp3) is 0.200. The van der Waals surface area contributed by atoms with Gasteiger partial charge in [-0.05, 0) is 13.0 Å². The average Bonchev–Trinajstić information content (AvgIpc) is 2.84. The summed E-state index contributed by atoms with van der Waals surface area (Å²) in [6.45, 7) is 2.08. The van der Waals surface area contributed by atoms with Crippen molar-refractivity contribution in [2.75, 3.05) is 5.73 Å². The Kier molecular flexibility index (Phi) is 2.41. The third-order valence-corrected chi connectivity index (χ3v) is 2.65. The van der Waals surface area contributed by atoms with Crippen molar-refractivity contribution in [3.63, 3.8) is 0 Å². The minimum absolute atomic E-state index is 0.329. The van der Waals surface area contributed by atoms with E-state index in [1.54, 1.807) is 23.8 Å². The van der Waals surface area contributed by atoms with E-state index in [4.69, 9.17) is 21.9 Å². The van der Waals surface area contributed by atoms with Gasteiger partial charge in [0.1, 0.15) is 12.1 Å². The maximum Gasteiger partial charge on any atom is 0.246 e. The zero-order valence-electron chi connectivity index (χ0n) is 9.46. The average molecular weight is 265 g/mol. The zero-order valence-corrected chi connectivity index (χ0v) is 10.2. The lowest BCUT2D eigenvalue weighted by Gasteiger charge is -2.01. The van der Waals surface area contributed by atoms with Crippen LogP contribution in [-0.2, 0) is 6.54 Å². The molecule has 0 atom stereocenters. The largest absolute Gasteiger partial charge is 0.369 e. The van der Waals surface area contributed by atoms with Gasteiger partial charge in [0.25, 0.3) is 0 Å². The first-order chi connectivity index (χ1) is 8.63. The minimum atomic E-state index is 0.329. The maximum atomic E-state index is 5.85. The quantitative estimate of drug-likeness (QED) is 0.752. The van der Waals surface area contributed by atoms with Crippen LogP contribution in [0, 0.1) is 6.92 Å². The predicted octanol–water partition coefficient (Wildman–Crippen LogP) is 1.41. The molecule has 8 heteroatoms. The van der Waals surface area contributed by atoms with Crippen molar-refractivity contribution in [2.24, 2.45) is 0 Å². The van der Waals surface area contributed by atoms with Gasteiger partial charge in [-0.1, -0.05) is 16.8 Å². The Morgan fingerprint density at radius 1 is 1.44 bits per heavy atom. The van der Waals surface area contributed by atoms with Crippen molar-refractivity contribution >= 4 is 28.7 Å². The lowest BCUT2D eigenvalue weighted by atomic mass is 10.4. The van der Waals surface area contributed by atoms with Crippen molar-refractivity contribution < 1.29 is 4.52 Å². The minimum Gasteiger partial charge on any atom is -0.369 e. The Labute approximate surface area is 107 Å². The standard InChI is InChI=1S/C10H9ClN6O/c1-5-14-8(18-16-5)4-17-9-7(15-10(17)12)2-6(11)3-13-9/h2-3H,4H2,1H3,(H2,12,15). The summed E-state index contributed by atoms with van der Waals surface area (Å²) in [6, 6.07) is 1.70. The summed E-state index contributed by atoms with van der Waals surface area (Å²) in [5, 5.41) is 4.23. The molecule has 18 heavy (non-hydrogen) atoms. The molecule has 0 bridgehead atoms. The highest BCUT2D eigenvalue weighted by Crippen LogP contribution is 2.20. The fourth-order valence-electron chi connectivity index (χ4n) is 1.70. The SMILES string of the molecule is Cc1noc(Cn2c(N)nc3cc(Cl)cnc32)n1. The van der Waals surface area contributed by atoms with Crippen LogP contribution < -0.4 is 5.73 Å². The van der Waals surface area contributed by atoms with Crippen LogP contribution in [0.25, 0.3) is 11.2 Å². The molecule has 2 N–H and O–H groups in total. The van der Waals surface area contributed by atoms with Gasteiger partial charge in [0.15, 0.2) is 11.5 Å². The zero-order chi connectivity index (χ0) is 12.7. The molecular formula is C10H9ClN6O. The third kappa shape index (κ3) is 1.78. The molecule has 0 aliphatic heterocycles. The third-order valence-electron chi connectivity index (χ3n) is 2.44. The number of fused-ring (bicyclic) bond motifs is 1. The number of rotatable bonds is 2. The topological polar surface area (TPSA) is 95.7 Å². The smallest absolute Gasteiger partial charge is 0.246 e. The van der Waals surface area contributed by atoms with Crippen molar-refractivity contribution in [3.8, 4) is 0 Å². The van der Waals surface area contributed by atoms with Crippen molar-refractivity contribution in [2.45, 2.75) is 13.5 Å². The first-order valence-electron chi connectivity index (χ1n) is 5.20. The Bertz CT molecular complexity index is 718. The van der Waals surface area contributed by atoms with E-state index in [2.05, 4.69) is 20.1 Å². The van der Waals surface area contributed by atoms with Crippen molar-refractivity contribution in [1.82, 2.24) is 24.7 Å². The van der Waals surface area contributed by atoms with Gasteiger partial charge < -0.3 is 10.3 Å². The highest BCUT2D eigenvalue weighted by atomic mass is 35.5. The number of imidazole rings is 1. The normalized spacial score (nSPS) is 11.2. The van der Waals surface area contributed by atoms with E-state index < -0.39 is 0 Å². The van der Waals surface area contributed by atoms with E-state index in [9.17, 15) is 0 Å². The van der Waals surface area contributed by atoms with Gasteiger partial charge in [-0.15, -0.1) is 0 Å². The molecule has 0 saturated carbocycles. The molecular weight excluding hydrogens is 256 g/mol. The van der Waals surface area contributed by atoms with Gasteiger partial charge in [0.05, 0.1) is 5.02 Å². The molecule has 0 aliphatic rings. The second kappa shape index (κ2) is 3.95. The first kappa shape index (κ1) is 11.0. The van der Waals surface area contributed by atoms with Crippen LogP contribution in [0.1, 0.15) is 11.7 Å². The maximum absolute atomic E-state index is 5.85. The van der Waals surface area contributed by atoms with E-state index in [1.807, 2.05) is 0 Å². The van der Waals surface area contributed by atoms with Gasteiger partial charge in [-0.3, -0.25) is 4.57 Å². The van der Waals surface area contributed by atoms with Crippen LogP contribution in [0.15, 0.2) is 16.8 Å². The number of halogens is 1. The summed E-state index contributed by atoms with van der Waals surface area (Å²) in [5.41, 5.74) is 7.10. The molecule has 0 unspecified atom stereocenters. The molecule has 3 aromatic heterocycles. The van der Waals surface area contributed by atoms with E-state index >= 15 is 0 Å². The van der Waals surface area contributed by atoms with Gasteiger partial charge >= 0.3 is 0 Å². The molecule has 0 aliphatic carbocycles. The van der Waals surface area contributed by atoms with Gasteiger partial charge in [0, 0.05) is 6.20 Å². The second-order valence-electron chi connectivity index (χ2n) is 3.79. The van der Waals surface area contributed by atoms with Crippen molar-refractivity contribution in [1.29, 1.82) is 0 Å². The van der Waals surface area contributed by atoms with Crippen LogP contribution in [0.3, 0.4) is 0 Å². The van der Waals surface area contributed by atoms with E-state index in [1.165, 1.54) is 0 Å². The second-order valence-corrected chi connectivity index (χ2v) is 4.22. The molecule has 3 rings (SSSR count). The lowest BCUT2D eigenvalue weighted by Crippen LogP contribution is -2.05. The Morgan fingerprint density at radius 2 is 2.28 bits per heavy atom. The summed E-state index contributed by atoms with van der Waals surface area (Å²) < 4.78 is 6.74. The molecule has 0 fully saturated rings. The highest BCUT2D eigenvalue weighted by molar-refractivity contribution is 6.31. The van der Waals surface area contributed by atoms with E-state index in [0.717, 1.165) is 0 Å². The lowest BCUT2D eigenvalue weighted by molar-refractivity contribution is 0.369. The Hall–Kier alpha value is -2.15. The number of nitrogen functional groups attached to an aromatic ring is 1. The summed E-state index contributed by atoms with van der Waals surface area (Å²) in [5.74, 6) is 1.36. The molecule has 0 saturated heterocycles. The fourth-order valence-corrected chi connectivity index (χ4v) is 1.85. The summed E-state index contributed by atoms with van der Waals surface area (Å²) in [7, 11) is 0. The van der Waals surface area contributed by atoms with Crippen LogP contribution in [0.2, 0.25) is 5.02 Å². The van der Waals surface area contributed by atoms with Gasteiger partial charge in [-0.2, -0.15) is 4.98 Å². The van der Waals surface area contributed by atoms with Crippen LogP contribution in [-0.4, -0.2) is 24.7 Å². The summed E-state index contributed by atoms with van der Waals surface area (Å²) >= 11 is 5.85. The molecule has 0 radical (unpaired) electrons. The number of aryl methyl sites for hydroxylation is 1. The summed E-state index contributed by atoms with van der Waals surface area (Å²) in [4.78, 5) is 12.5. The number of anilines is 1. The monoisotopic (exact) mass is 264 g/mol. The number of hydrogen-bond donors (Lipinski definition) is 1. The molecule has 0 spiro atoms.